The Kier molecular flexibility index (Phi) is 12.3. The lowest BCUT2D eigenvalue weighted by Crippen LogP contribution is -2.55. The molecule has 53 heavy (non-hydrogen) atoms. The summed E-state index contributed by atoms with van der Waals surface area (Å²) in [4.78, 5) is 30.9. The first-order chi connectivity index (χ1) is 25.7. The van der Waals surface area contributed by atoms with Gasteiger partial charge in [-0.15, -0.1) is 0 Å². The fourth-order valence-corrected chi connectivity index (χ4v) is 8.15. The summed E-state index contributed by atoms with van der Waals surface area (Å²) >= 11 is 0. The molecule has 0 aromatic heterocycles. The van der Waals surface area contributed by atoms with Gasteiger partial charge in [-0.3, -0.25) is 13.9 Å². The average molecular weight is 730 g/mol. The number of rotatable bonds is 14. The Morgan fingerprint density at radius 1 is 0.736 bits per heavy atom. The van der Waals surface area contributed by atoms with Crippen LogP contribution < -0.4 is 14.4 Å². The van der Waals surface area contributed by atoms with Crippen molar-refractivity contribution in [2.45, 2.75) is 75.9 Å². The second-order valence-electron chi connectivity index (χ2n) is 13.7. The third kappa shape index (κ3) is 9.73. The van der Waals surface area contributed by atoms with Gasteiger partial charge < -0.3 is 15.0 Å². The van der Waals surface area contributed by atoms with E-state index in [4.69, 9.17) is 4.74 Å². The molecule has 274 valence electrons. The van der Waals surface area contributed by atoms with Crippen LogP contribution in [-0.4, -0.2) is 43.8 Å². The zero-order chi connectivity index (χ0) is 37.2. The molecule has 0 unspecified atom stereocenters. The molecule has 0 aliphatic heterocycles. The molecule has 0 bridgehead atoms. The molecule has 0 radical (unpaired) electrons. The summed E-state index contributed by atoms with van der Waals surface area (Å²) in [6, 6.07) is 39.1. The topological polar surface area (TPSA) is 96.0 Å². The Morgan fingerprint density at radius 3 is 2.00 bits per heavy atom. The first-order valence-corrected chi connectivity index (χ1v) is 19.7. The highest BCUT2D eigenvalue weighted by Crippen LogP contribution is 2.29. The summed E-state index contributed by atoms with van der Waals surface area (Å²) in [5.74, 6) is 0.427. The van der Waals surface area contributed by atoms with Gasteiger partial charge in [0.05, 0.1) is 10.6 Å². The SMILES string of the molecule is Cc1ccc(S(=O)(=O)N(CC(=O)N(Cc2ccccc2C)[C@H](Cc2ccccc2)C(=O)NC2CCCCC2)c2ccc(Oc3ccccc3)cc2)cc1. The van der Waals surface area contributed by atoms with Gasteiger partial charge in [0.15, 0.2) is 0 Å². The standard InChI is InChI=1S/C44H47N3O5S/c1-33-22-28-41(29-23-33)53(50,51)47(38-24-26-40(27-25-38)52-39-20-10-5-11-21-39)32-43(48)46(31-36-17-13-12-14-34(36)2)42(30-35-15-6-3-7-16-35)44(49)45-37-18-8-4-9-19-37/h3,5-7,10-17,20-29,37,42H,4,8-9,18-19,30-32H2,1-2H3,(H,45,49)/t42-/m1/s1. The molecule has 6 rings (SSSR count). The quantitative estimate of drug-likeness (QED) is 0.124. The molecule has 5 aromatic carbocycles. The van der Waals surface area contributed by atoms with Crippen molar-refractivity contribution in [2.75, 3.05) is 10.8 Å². The maximum absolute atomic E-state index is 14.9. The van der Waals surface area contributed by atoms with Crippen LogP contribution in [0.4, 0.5) is 5.69 Å². The lowest BCUT2D eigenvalue weighted by molar-refractivity contribution is -0.140. The Bertz CT molecular complexity index is 2070. The monoisotopic (exact) mass is 729 g/mol. The van der Waals surface area contributed by atoms with Crippen LogP contribution >= 0.6 is 0 Å². The van der Waals surface area contributed by atoms with Gasteiger partial charge in [-0.2, -0.15) is 0 Å². The summed E-state index contributed by atoms with van der Waals surface area (Å²) < 4.78 is 36.1. The predicted molar refractivity (Wildman–Crippen MR) is 209 cm³/mol. The van der Waals surface area contributed by atoms with Gasteiger partial charge >= 0.3 is 0 Å². The number of nitrogens with one attached hydrogen (secondary N) is 1. The molecule has 1 fully saturated rings. The van der Waals surface area contributed by atoms with Crippen molar-refractivity contribution >= 4 is 27.5 Å². The van der Waals surface area contributed by atoms with Gasteiger partial charge in [-0.1, -0.05) is 110 Å². The number of para-hydroxylation sites is 1. The van der Waals surface area contributed by atoms with Gasteiger partial charge in [-0.05, 0) is 91.9 Å². The number of hydrogen-bond acceptors (Lipinski definition) is 5. The zero-order valence-electron chi connectivity index (χ0n) is 30.4. The summed E-state index contributed by atoms with van der Waals surface area (Å²) in [5.41, 5.74) is 3.94. The van der Waals surface area contributed by atoms with E-state index in [0.717, 1.165) is 58.7 Å². The molecular formula is C44H47N3O5S. The fourth-order valence-electron chi connectivity index (χ4n) is 6.74. The molecule has 1 atom stereocenters. The van der Waals surface area contributed by atoms with Crippen LogP contribution in [-0.2, 0) is 32.6 Å². The number of carbonyl (C=O) groups excluding carboxylic acids is 2. The molecule has 2 amide bonds. The Labute approximate surface area is 313 Å². The Hall–Kier alpha value is -5.41. The van der Waals surface area contributed by atoms with Crippen molar-refractivity contribution in [1.82, 2.24) is 10.2 Å². The fraction of sp³-hybridized carbons (Fsp3) is 0.273. The van der Waals surface area contributed by atoms with Gasteiger partial charge in [0.25, 0.3) is 10.0 Å². The van der Waals surface area contributed by atoms with Crippen molar-refractivity contribution in [1.29, 1.82) is 0 Å². The van der Waals surface area contributed by atoms with Crippen molar-refractivity contribution in [3.8, 4) is 11.5 Å². The Balaban J connectivity index is 1.39. The van der Waals surface area contributed by atoms with Crippen LogP contribution in [0.5, 0.6) is 11.5 Å². The molecule has 1 aliphatic carbocycles. The van der Waals surface area contributed by atoms with E-state index in [1.54, 1.807) is 53.4 Å². The third-order valence-electron chi connectivity index (χ3n) is 9.82. The molecule has 9 heteroatoms. The highest BCUT2D eigenvalue weighted by molar-refractivity contribution is 7.92. The number of anilines is 1. The van der Waals surface area contributed by atoms with E-state index in [-0.39, 0.29) is 29.8 Å². The van der Waals surface area contributed by atoms with Crippen LogP contribution in [0.25, 0.3) is 0 Å². The van der Waals surface area contributed by atoms with E-state index < -0.39 is 28.5 Å². The molecule has 0 saturated heterocycles. The number of hydrogen-bond donors (Lipinski definition) is 1. The van der Waals surface area contributed by atoms with E-state index in [1.165, 1.54) is 0 Å². The number of amides is 2. The average Bonchev–Trinajstić information content (AvgIpc) is 3.17. The number of benzene rings is 5. The lowest BCUT2D eigenvalue weighted by Gasteiger charge is -2.35. The zero-order valence-corrected chi connectivity index (χ0v) is 31.2. The maximum Gasteiger partial charge on any atom is 0.264 e. The minimum atomic E-state index is -4.24. The number of ether oxygens (including phenoxy) is 1. The van der Waals surface area contributed by atoms with Crippen LogP contribution in [0.15, 0.2) is 138 Å². The third-order valence-corrected chi connectivity index (χ3v) is 11.6. The molecule has 1 saturated carbocycles. The molecular weight excluding hydrogens is 683 g/mol. The lowest BCUT2D eigenvalue weighted by atomic mass is 9.94. The minimum Gasteiger partial charge on any atom is -0.457 e. The van der Waals surface area contributed by atoms with Crippen LogP contribution in [0.1, 0.15) is 54.4 Å². The molecule has 1 N–H and O–H groups in total. The van der Waals surface area contributed by atoms with E-state index in [9.17, 15) is 18.0 Å². The van der Waals surface area contributed by atoms with E-state index >= 15 is 0 Å². The summed E-state index contributed by atoms with van der Waals surface area (Å²) in [6.45, 7) is 3.46. The summed E-state index contributed by atoms with van der Waals surface area (Å²) in [7, 11) is -4.24. The van der Waals surface area contributed by atoms with Crippen molar-refractivity contribution < 1.29 is 22.7 Å². The van der Waals surface area contributed by atoms with Gasteiger partial charge in [0, 0.05) is 19.0 Å². The van der Waals surface area contributed by atoms with Gasteiger partial charge in [0.2, 0.25) is 11.8 Å². The minimum absolute atomic E-state index is 0.0277. The molecule has 1 aliphatic rings. The highest BCUT2D eigenvalue weighted by atomic mass is 32.2. The van der Waals surface area contributed by atoms with Crippen LogP contribution in [0.3, 0.4) is 0 Å². The normalized spacial score (nSPS) is 13.8. The molecule has 0 spiro atoms. The number of aryl methyl sites for hydroxylation is 2. The smallest absolute Gasteiger partial charge is 0.264 e. The molecule has 0 heterocycles. The largest absolute Gasteiger partial charge is 0.457 e. The van der Waals surface area contributed by atoms with Crippen molar-refractivity contribution in [2.24, 2.45) is 0 Å². The number of nitrogens with zero attached hydrogens (tertiary/aromatic N) is 2. The first kappa shape index (κ1) is 37.4. The van der Waals surface area contributed by atoms with Crippen molar-refractivity contribution in [3.05, 3.63) is 156 Å². The number of carbonyl (C=O) groups is 2. The summed E-state index contributed by atoms with van der Waals surface area (Å²) in [6.07, 6.45) is 5.28. The highest BCUT2D eigenvalue weighted by Gasteiger charge is 2.35. The van der Waals surface area contributed by atoms with E-state index in [0.29, 0.717) is 17.2 Å². The van der Waals surface area contributed by atoms with Gasteiger partial charge in [-0.25, -0.2) is 8.42 Å². The summed E-state index contributed by atoms with van der Waals surface area (Å²) in [5, 5.41) is 3.27. The molecule has 5 aromatic rings. The van der Waals surface area contributed by atoms with Crippen LogP contribution in [0, 0.1) is 13.8 Å². The van der Waals surface area contributed by atoms with Gasteiger partial charge in [0.1, 0.15) is 24.1 Å². The predicted octanol–water partition coefficient (Wildman–Crippen LogP) is 8.38. The van der Waals surface area contributed by atoms with Crippen molar-refractivity contribution in [3.63, 3.8) is 0 Å². The first-order valence-electron chi connectivity index (χ1n) is 18.3. The number of sulfonamides is 1. The molecule has 8 nitrogen and oxygen atoms in total. The second-order valence-corrected chi connectivity index (χ2v) is 15.6. The second kappa shape index (κ2) is 17.4. The van der Waals surface area contributed by atoms with E-state index in [1.807, 2.05) is 98.8 Å². The van der Waals surface area contributed by atoms with E-state index in [2.05, 4.69) is 5.32 Å². The Morgan fingerprint density at radius 2 is 1.34 bits per heavy atom. The maximum atomic E-state index is 14.9. The van der Waals surface area contributed by atoms with Crippen LogP contribution in [0.2, 0.25) is 0 Å².